The molecule has 0 bridgehead atoms. The van der Waals surface area contributed by atoms with Gasteiger partial charge in [-0.1, -0.05) is 0 Å². The summed E-state index contributed by atoms with van der Waals surface area (Å²) in [7, 11) is 0. The summed E-state index contributed by atoms with van der Waals surface area (Å²) in [6, 6.07) is 0. The molecule has 1 fully saturated rings. The Morgan fingerprint density at radius 1 is 1.08 bits per heavy atom. The number of hydrogen-bond donors (Lipinski definition) is 2. The Hall–Kier alpha value is -1.10. The van der Waals surface area contributed by atoms with Crippen LogP contribution in [0.4, 0.5) is 0 Å². The van der Waals surface area contributed by atoms with Crippen molar-refractivity contribution in [3.63, 3.8) is 0 Å². The molecule has 2 atom stereocenters. The molecule has 5 heteroatoms. The molecule has 13 heavy (non-hydrogen) atoms. The summed E-state index contributed by atoms with van der Waals surface area (Å²) in [6.45, 7) is 0. The van der Waals surface area contributed by atoms with E-state index in [0.29, 0.717) is 12.8 Å². The molecule has 1 heterocycles. The Balaban J connectivity index is 2.27. The monoisotopic (exact) mass is 188 g/mol. The lowest BCUT2D eigenvalue weighted by Gasteiger charge is -2.09. The summed E-state index contributed by atoms with van der Waals surface area (Å²) in [5.41, 5.74) is 0. The van der Waals surface area contributed by atoms with Crippen LogP contribution in [-0.2, 0) is 14.3 Å². The van der Waals surface area contributed by atoms with Crippen LogP contribution in [0.25, 0.3) is 0 Å². The predicted molar refractivity (Wildman–Crippen MR) is 42.4 cm³/mol. The Kier molecular flexibility index (Phi) is 3.25. The fourth-order valence-electron chi connectivity index (χ4n) is 1.47. The van der Waals surface area contributed by atoms with Crippen LogP contribution in [0.5, 0.6) is 0 Å². The average molecular weight is 188 g/mol. The highest BCUT2D eigenvalue weighted by Gasteiger charge is 2.28. The van der Waals surface area contributed by atoms with E-state index in [0.717, 1.165) is 0 Å². The molecule has 0 unspecified atom stereocenters. The van der Waals surface area contributed by atoms with Crippen LogP contribution >= 0.6 is 0 Å². The molecule has 0 aromatic carbocycles. The lowest BCUT2D eigenvalue weighted by atomic mass is 10.1. The van der Waals surface area contributed by atoms with Crippen molar-refractivity contribution in [3.05, 3.63) is 0 Å². The Morgan fingerprint density at radius 2 is 1.46 bits per heavy atom. The Labute approximate surface area is 75.3 Å². The van der Waals surface area contributed by atoms with E-state index in [4.69, 9.17) is 14.9 Å². The van der Waals surface area contributed by atoms with Gasteiger partial charge in [0.05, 0.1) is 25.0 Å². The first kappa shape index (κ1) is 9.98. The van der Waals surface area contributed by atoms with E-state index < -0.39 is 11.9 Å². The fraction of sp³-hybridized carbons (Fsp3) is 0.750. The SMILES string of the molecule is O=C(O)C[C@@H]1CC[C@@H](CC(=O)O)O1. The van der Waals surface area contributed by atoms with Crippen molar-refractivity contribution in [3.8, 4) is 0 Å². The average Bonchev–Trinajstić information content (AvgIpc) is 2.33. The topological polar surface area (TPSA) is 83.8 Å². The van der Waals surface area contributed by atoms with Crippen molar-refractivity contribution in [2.45, 2.75) is 37.9 Å². The molecule has 0 radical (unpaired) electrons. The normalized spacial score (nSPS) is 27.4. The van der Waals surface area contributed by atoms with Gasteiger partial charge >= 0.3 is 11.9 Å². The first-order chi connectivity index (χ1) is 6.08. The van der Waals surface area contributed by atoms with Crippen LogP contribution in [0.1, 0.15) is 25.7 Å². The zero-order valence-corrected chi connectivity index (χ0v) is 7.10. The van der Waals surface area contributed by atoms with Gasteiger partial charge in [0.1, 0.15) is 0 Å². The number of ether oxygens (including phenoxy) is 1. The lowest BCUT2D eigenvalue weighted by Crippen LogP contribution is -2.17. The highest BCUT2D eigenvalue weighted by atomic mass is 16.5. The minimum absolute atomic E-state index is 0.0316. The second-order valence-electron chi connectivity index (χ2n) is 3.15. The van der Waals surface area contributed by atoms with E-state index in [1.165, 1.54) is 0 Å². The third kappa shape index (κ3) is 3.42. The minimum atomic E-state index is -0.902. The Bertz CT molecular complexity index is 191. The van der Waals surface area contributed by atoms with E-state index in [2.05, 4.69) is 0 Å². The van der Waals surface area contributed by atoms with Crippen LogP contribution in [-0.4, -0.2) is 34.4 Å². The molecule has 0 spiro atoms. The largest absolute Gasteiger partial charge is 0.481 e. The van der Waals surface area contributed by atoms with Crippen LogP contribution in [0.15, 0.2) is 0 Å². The van der Waals surface area contributed by atoms with Crippen LogP contribution in [0, 0.1) is 0 Å². The van der Waals surface area contributed by atoms with Gasteiger partial charge in [0.25, 0.3) is 0 Å². The molecule has 2 N–H and O–H groups in total. The lowest BCUT2D eigenvalue weighted by molar-refractivity contribution is -0.141. The molecule has 0 aromatic heterocycles. The van der Waals surface area contributed by atoms with E-state index in [9.17, 15) is 9.59 Å². The molecule has 1 aliphatic rings. The molecule has 0 aromatic rings. The first-order valence-electron chi connectivity index (χ1n) is 4.17. The maximum atomic E-state index is 10.3. The highest BCUT2D eigenvalue weighted by molar-refractivity contribution is 5.68. The van der Waals surface area contributed by atoms with Gasteiger partial charge in [-0.05, 0) is 12.8 Å². The number of rotatable bonds is 4. The number of carbonyl (C=O) groups is 2. The van der Waals surface area contributed by atoms with Crippen molar-refractivity contribution in [2.24, 2.45) is 0 Å². The van der Waals surface area contributed by atoms with Gasteiger partial charge < -0.3 is 14.9 Å². The molecule has 0 aliphatic carbocycles. The summed E-state index contributed by atoms with van der Waals surface area (Å²) < 4.78 is 5.22. The van der Waals surface area contributed by atoms with Crippen LogP contribution in [0.3, 0.4) is 0 Å². The smallest absolute Gasteiger partial charge is 0.305 e. The van der Waals surface area contributed by atoms with Gasteiger partial charge in [0, 0.05) is 0 Å². The molecule has 1 aliphatic heterocycles. The molecule has 74 valence electrons. The van der Waals surface area contributed by atoms with E-state index in [1.54, 1.807) is 0 Å². The van der Waals surface area contributed by atoms with Gasteiger partial charge in [-0.25, -0.2) is 0 Å². The predicted octanol–water partition coefficient (Wildman–Crippen LogP) is 0.483. The standard InChI is InChI=1S/C8H12O5/c9-7(10)3-5-1-2-6(13-5)4-8(11)12/h5-6H,1-4H2,(H,9,10)(H,11,12)/t5-,6-/m0/s1. The quantitative estimate of drug-likeness (QED) is 0.670. The fourth-order valence-corrected chi connectivity index (χ4v) is 1.47. The summed E-state index contributed by atoms with van der Waals surface area (Å²) in [6.07, 6.45) is 0.615. The molecule has 0 amide bonds. The third-order valence-corrected chi connectivity index (χ3v) is 2.00. The summed E-state index contributed by atoms with van der Waals surface area (Å²) >= 11 is 0. The van der Waals surface area contributed by atoms with Gasteiger partial charge in [0.2, 0.25) is 0 Å². The first-order valence-corrected chi connectivity index (χ1v) is 4.17. The summed E-state index contributed by atoms with van der Waals surface area (Å²) in [5, 5.41) is 16.9. The third-order valence-electron chi connectivity index (χ3n) is 2.00. The van der Waals surface area contributed by atoms with Crippen molar-refractivity contribution < 1.29 is 24.5 Å². The van der Waals surface area contributed by atoms with E-state index >= 15 is 0 Å². The van der Waals surface area contributed by atoms with Gasteiger partial charge in [-0.15, -0.1) is 0 Å². The van der Waals surface area contributed by atoms with Crippen LogP contribution in [0.2, 0.25) is 0 Å². The summed E-state index contributed by atoms with van der Waals surface area (Å²) in [5.74, 6) is -1.80. The number of hydrogen-bond acceptors (Lipinski definition) is 3. The number of carboxylic acids is 2. The molecular weight excluding hydrogens is 176 g/mol. The van der Waals surface area contributed by atoms with Gasteiger partial charge in [-0.2, -0.15) is 0 Å². The molecule has 1 saturated heterocycles. The maximum absolute atomic E-state index is 10.3. The molecule has 5 nitrogen and oxygen atoms in total. The van der Waals surface area contributed by atoms with Crippen molar-refractivity contribution >= 4 is 11.9 Å². The maximum Gasteiger partial charge on any atom is 0.305 e. The van der Waals surface area contributed by atoms with Crippen molar-refractivity contribution in [2.75, 3.05) is 0 Å². The minimum Gasteiger partial charge on any atom is -0.481 e. The van der Waals surface area contributed by atoms with E-state index in [1.807, 2.05) is 0 Å². The van der Waals surface area contributed by atoms with Crippen molar-refractivity contribution in [1.82, 2.24) is 0 Å². The molecular formula is C8H12O5. The zero-order chi connectivity index (χ0) is 9.84. The highest BCUT2D eigenvalue weighted by Crippen LogP contribution is 2.23. The van der Waals surface area contributed by atoms with Crippen LogP contribution < -0.4 is 0 Å². The van der Waals surface area contributed by atoms with E-state index in [-0.39, 0.29) is 25.0 Å². The Morgan fingerprint density at radius 3 is 1.77 bits per heavy atom. The van der Waals surface area contributed by atoms with Gasteiger partial charge in [0.15, 0.2) is 0 Å². The number of aliphatic carboxylic acids is 2. The molecule has 0 saturated carbocycles. The summed E-state index contributed by atoms with van der Waals surface area (Å²) in [4.78, 5) is 20.6. The van der Waals surface area contributed by atoms with Crippen molar-refractivity contribution in [1.29, 1.82) is 0 Å². The molecule has 1 rings (SSSR count). The zero-order valence-electron chi connectivity index (χ0n) is 7.10. The second-order valence-corrected chi connectivity index (χ2v) is 3.15. The second kappa shape index (κ2) is 4.23. The van der Waals surface area contributed by atoms with Gasteiger partial charge in [-0.3, -0.25) is 9.59 Å². The number of carboxylic acid groups (broad SMARTS) is 2.